The molecule has 5 heteroatoms. The van der Waals surface area contributed by atoms with Crippen LogP contribution in [0.15, 0.2) is 18.2 Å². The van der Waals surface area contributed by atoms with E-state index < -0.39 is 0 Å². The van der Waals surface area contributed by atoms with E-state index in [-0.39, 0.29) is 12.1 Å². The van der Waals surface area contributed by atoms with Gasteiger partial charge in [0.25, 0.3) is 0 Å². The number of halogens is 2. The Labute approximate surface area is 130 Å². The summed E-state index contributed by atoms with van der Waals surface area (Å²) in [5, 5.41) is 4.95. The molecule has 0 bridgehead atoms. The molecule has 0 aromatic heterocycles. The second kappa shape index (κ2) is 6.20. The third-order valence-corrected chi connectivity index (χ3v) is 4.63. The first kappa shape index (κ1) is 14.6. The van der Waals surface area contributed by atoms with Crippen LogP contribution >= 0.6 is 23.2 Å². The fourth-order valence-corrected chi connectivity index (χ4v) is 3.30. The highest BCUT2D eigenvalue weighted by atomic mass is 35.5. The van der Waals surface area contributed by atoms with Crippen LogP contribution < -0.4 is 5.32 Å². The van der Waals surface area contributed by atoms with Gasteiger partial charge in [0.15, 0.2) is 0 Å². The molecular formula is C15H20Cl2N2O. The number of hydrogen-bond acceptors (Lipinski definition) is 3. The van der Waals surface area contributed by atoms with Crippen LogP contribution in [-0.4, -0.2) is 43.8 Å². The highest BCUT2D eigenvalue weighted by molar-refractivity contribution is 6.35. The average molecular weight is 315 g/mol. The lowest BCUT2D eigenvalue weighted by atomic mass is 9.98. The van der Waals surface area contributed by atoms with Crippen molar-refractivity contribution in [3.8, 4) is 0 Å². The molecule has 1 aliphatic heterocycles. The van der Waals surface area contributed by atoms with E-state index in [1.165, 1.54) is 12.8 Å². The minimum atomic E-state index is 0.132. The zero-order valence-corrected chi connectivity index (χ0v) is 13.1. The van der Waals surface area contributed by atoms with Gasteiger partial charge in [-0.15, -0.1) is 0 Å². The Morgan fingerprint density at radius 1 is 1.35 bits per heavy atom. The summed E-state index contributed by atoms with van der Waals surface area (Å²) in [4.78, 5) is 2.32. The summed E-state index contributed by atoms with van der Waals surface area (Å²) in [6.45, 7) is 2.57. The normalized spacial score (nSPS) is 27.8. The van der Waals surface area contributed by atoms with Gasteiger partial charge < -0.3 is 10.1 Å². The van der Waals surface area contributed by atoms with Crippen molar-refractivity contribution in [2.45, 2.75) is 31.0 Å². The molecule has 1 aliphatic carbocycles. The van der Waals surface area contributed by atoms with Gasteiger partial charge in [-0.3, -0.25) is 4.90 Å². The first-order valence-electron chi connectivity index (χ1n) is 7.15. The van der Waals surface area contributed by atoms with E-state index in [1.54, 1.807) is 0 Å². The average Bonchev–Trinajstić information content (AvgIpc) is 3.22. The van der Waals surface area contributed by atoms with E-state index in [0.29, 0.717) is 11.1 Å². The molecule has 2 fully saturated rings. The van der Waals surface area contributed by atoms with Crippen molar-refractivity contribution >= 4 is 23.2 Å². The second-order valence-electron chi connectivity index (χ2n) is 5.68. The molecule has 0 amide bonds. The number of hydrogen-bond donors (Lipinski definition) is 1. The largest absolute Gasteiger partial charge is 0.374 e. The Hall–Kier alpha value is -0.320. The zero-order valence-electron chi connectivity index (χ0n) is 11.6. The van der Waals surface area contributed by atoms with Crippen LogP contribution in [0.4, 0.5) is 0 Å². The topological polar surface area (TPSA) is 24.5 Å². The lowest BCUT2D eigenvalue weighted by Gasteiger charge is -2.40. The van der Waals surface area contributed by atoms with E-state index in [9.17, 15) is 0 Å². The Morgan fingerprint density at radius 3 is 2.85 bits per heavy atom. The number of nitrogens with one attached hydrogen (secondary N) is 1. The van der Waals surface area contributed by atoms with Crippen LogP contribution in [0.5, 0.6) is 0 Å². The van der Waals surface area contributed by atoms with Crippen LogP contribution in [0.3, 0.4) is 0 Å². The van der Waals surface area contributed by atoms with Gasteiger partial charge in [0, 0.05) is 29.2 Å². The lowest BCUT2D eigenvalue weighted by Crippen LogP contribution is -2.47. The molecule has 1 heterocycles. The molecule has 110 valence electrons. The molecule has 2 aliphatic rings. The Balaban J connectivity index is 1.80. The molecule has 1 aromatic rings. The number of rotatable bonds is 4. The van der Waals surface area contributed by atoms with Gasteiger partial charge in [0.1, 0.15) is 0 Å². The van der Waals surface area contributed by atoms with E-state index in [0.717, 1.165) is 30.3 Å². The van der Waals surface area contributed by atoms with Crippen LogP contribution in [-0.2, 0) is 4.74 Å². The molecular weight excluding hydrogens is 295 g/mol. The quantitative estimate of drug-likeness (QED) is 0.924. The monoisotopic (exact) mass is 314 g/mol. The van der Waals surface area contributed by atoms with Crippen LogP contribution in [0.25, 0.3) is 0 Å². The van der Waals surface area contributed by atoms with Crippen molar-refractivity contribution in [1.29, 1.82) is 0 Å². The number of likely N-dealkylation sites (N-methyl/N-ethyl adjacent to an activating group) is 1. The first-order valence-corrected chi connectivity index (χ1v) is 7.91. The fourth-order valence-electron chi connectivity index (χ4n) is 2.78. The van der Waals surface area contributed by atoms with Crippen molar-refractivity contribution in [3.05, 3.63) is 33.8 Å². The van der Waals surface area contributed by atoms with Crippen molar-refractivity contribution < 1.29 is 4.74 Å². The van der Waals surface area contributed by atoms with Gasteiger partial charge in [-0.05, 0) is 37.6 Å². The molecule has 1 saturated heterocycles. The number of nitrogens with zero attached hydrogens (tertiary/aromatic N) is 1. The van der Waals surface area contributed by atoms with Crippen LogP contribution in [0.2, 0.25) is 10.0 Å². The van der Waals surface area contributed by atoms with Gasteiger partial charge in [0.2, 0.25) is 0 Å². The van der Waals surface area contributed by atoms with E-state index in [4.69, 9.17) is 27.9 Å². The van der Waals surface area contributed by atoms with E-state index >= 15 is 0 Å². The summed E-state index contributed by atoms with van der Waals surface area (Å²) in [7, 11) is 2.13. The van der Waals surface area contributed by atoms with Gasteiger partial charge in [-0.25, -0.2) is 0 Å². The minimum Gasteiger partial charge on any atom is -0.374 e. The zero-order chi connectivity index (χ0) is 14.1. The van der Waals surface area contributed by atoms with E-state index in [2.05, 4.69) is 17.3 Å². The highest BCUT2D eigenvalue weighted by Crippen LogP contribution is 2.34. The SMILES string of the molecule is CN1CCOC(CNC2CC2)C1c1ccc(Cl)cc1Cl. The van der Waals surface area contributed by atoms with Crippen molar-refractivity contribution in [2.75, 3.05) is 26.7 Å². The number of benzene rings is 1. The fraction of sp³-hybridized carbons (Fsp3) is 0.600. The Bertz CT molecular complexity index is 479. The summed E-state index contributed by atoms with van der Waals surface area (Å²) in [5.74, 6) is 0. The highest BCUT2D eigenvalue weighted by Gasteiger charge is 2.34. The smallest absolute Gasteiger partial charge is 0.0897 e. The number of morpholine rings is 1. The summed E-state index contributed by atoms with van der Waals surface area (Å²) in [5.41, 5.74) is 1.10. The van der Waals surface area contributed by atoms with E-state index in [1.807, 2.05) is 18.2 Å². The molecule has 3 rings (SSSR count). The Kier molecular flexibility index (Phi) is 4.53. The van der Waals surface area contributed by atoms with Gasteiger partial charge >= 0.3 is 0 Å². The third-order valence-electron chi connectivity index (χ3n) is 4.07. The standard InChI is InChI=1S/C15H20Cl2N2O/c1-19-6-7-20-14(9-18-11-3-4-11)15(19)12-5-2-10(16)8-13(12)17/h2,5,8,11,14-15,18H,3-4,6-7,9H2,1H3. The molecule has 20 heavy (non-hydrogen) atoms. The van der Waals surface area contributed by atoms with Gasteiger partial charge in [-0.2, -0.15) is 0 Å². The molecule has 0 radical (unpaired) electrons. The molecule has 0 spiro atoms. The lowest BCUT2D eigenvalue weighted by molar-refractivity contribution is -0.0614. The van der Waals surface area contributed by atoms with Gasteiger partial charge in [0.05, 0.1) is 18.8 Å². The third kappa shape index (κ3) is 3.29. The summed E-state index contributed by atoms with van der Waals surface area (Å²) in [6.07, 6.45) is 2.71. The minimum absolute atomic E-state index is 0.132. The summed E-state index contributed by atoms with van der Waals surface area (Å²) >= 11 is 12.4. The van der Waals surface area contributed by atoms with Gasteiger partial charge in [-0.1, -0.05) is 29.3 Å². The molecule has 2 atom stereocenters. The van der Waals surface area contributed by atoms with Crippen molar-refractivity contribution in [2.24, 2.45) is 0 Å². The molecule has 1 aromatic carbocycles. The molecule has 2 unspecified atom stereocenters. The predicted octanol–water partition coefficient (Wildman–Crippen LogP) is 3.12. The van der Waals surface area contributed by atoms with Crippen LogP contribution in [0, 0.1) is 0 Å². The predicted molar refractivity (Wildman–Crippen MR) is 82.6 cm³/mol. The van der Waals surface area contributed by atoms with Crippen molar-refractivity contribution in [1.82, 2.24) is 10.2 Å². The summed E-state index contributed by atoms with van der Waals surface area (Å²) in [6, 6.07) is 6.60. The maximum absolute atomic E-state index is 6.38. The first-order chi connectivity index (χ1) is 9.65. The molecule has 1 N–H and O–H groups in total. The van der Waals surface area contributed by atoms with Crippen molar-refractivity contribution in [3.63, 3.8) is 0 Å². The maximum Gasteiger partial charge on any atom is 0.0897 e. The summed E-state index contributed by atoms with van der Waals surface area (Å²) < 4.78 is 5.98. The number of ether oxygens (including phenoxy) is 1. The second-order valence-corrected chi connectivity index (χ2v) is 6.53. The molecule has 1 saturated carbocycles. The molecule has 3 nitrogen and oxygen atoms in total. The van der Waals surface area contributed by atoms with Crippen LogP contribution in [0.1, 0.15) is 24.4 Å². The maximum atomic E-state index is 6.38. The Morgan fingerprint density at radius 2 is 2.15 bits per heavy atom.